The van der Waals surface area contributed by atoms with Crippen LogP contribution in [-0.2, 0) is 22.4 Å². The smallest absolute Gasteiger partial charge is 0.693 e. The van der Waals surface area contributed by atoms with E-state index in [1.165, 1.54) is 12.7 Å². The van der Waals surface area contributed by atoms with E-state index in [2.05, 4.69) is 50.6 Å². The van der Waals surface area contributed by atoms with Crippen molar-refractivity contribution >= 4 is 7.92 Å². The fraction of sp³-hybridized carbons (Fsp3) is 0.692. The van der Waals surface area contributed by atoms with Crippen molar-refractivity contribution in [2.45, 2.75) is 19.8 Å². The van der Waals surface area contributed by atoms with Crippen LogP contribution in [0.3, 0.4) is 0 Å². The molecular formula is C13H28AuN2P. The third kappa shape index (κ3) is 31.4. The number of hydrogen-bond acceptors (Lipinski definition) is 1. The summed E-state index contributed by atoms with van der Waals surface area (Å²) in [5.74, 6) is 0. The molecule has 0 saturated heterocycles. The first kappa shape index (κ1) is 22.6. The normalized spacial score (nSPS) is 10.6. The zero-order chi connectivity index (χ0) is 12.8. The van der Waals surface area contributed by atoms with Crippen LogP contribution in [-0.4, -0.2) is 45.7 Å². The van der Waals surface area contributed by atoms with E-state index in [1.54, 1.807) is 13.2 Å². The Morgan fingerprint density at radius 1 is 1.18 bits per heavy atom. The van der Waals surface area contributed by atoms with Gasteiger partial charge in [0.15, 0.2) is 0 Å². The molecule has 17 heavy (non-hydrogen) atoms. The van der Waals surface area contributed by atoms with Crippen molar-refractivity contribution in [2.75, 3.05) is 40.8 Å². The zero-order valence-electron chi connectivity index (χ0n) is 12.1. The van der Waals surface area contributed by atoms with Crippen molar-refractivity contribution in [3.63, 3.8) is 0 Å². The first-order valence-electron chi connectivity index (χ1n) is 5.74. The second kappa shape index (κ2) is 18.8. The van der Waals surface area contributed by atoms with Crippen LogP contribution >= 0.6 is 7.92 Å². The minimum absolute atomic E-state index is 0. The molecule has 0 radical (unpaired) electrons. The van der Waals surface area contributed by atoms with Gasteiger partial charge in [-0.05, 0) is 33.8 Å². The van der Waals surface area contributed by atoms with Crippen LogP contribution in [0.2, 0.25) is 0 Å². The van der Waals surface area contributed by atoms with E-state index in [0.717, 1.165) is 6.42 Å². The molecule has 0 bridgehead atoms. The Morgan fingerprint density at radius 2 is 1.76 bits per heavy atom. The summed E-state index contributed by atoms with van der Waals surface area (Å²) in [7, 11) is 6.28. The third-order valence-corrected chi connectivity index (χ3v) is 2.63. The Labute approximate surface area is 125 Å². The van der Waals surface area contributed by atoms with Gasteiger partial charge < -0.3 is 10.2 Å². The number of nitrogens with zero attached hydrogens (tertiary/aromatic N) is 2. The van der Waals surface area contributed by atoms with Crippen LogP contribution in [0.15, 0.2) is 24.4 Å². The van der Waals surface area contributed by atoms with Gasteiger partial charge in [0.05, 0.1) is 0 Å². The van der Waals surface area contributed by atoms with Gasteiger partial charge in [-0.15, -0.1) is 7.05 Å². The quantitative estimate of drug-likeness (QED) is 0.346. The molecule has 0 aliphatic heterocycles. The molecule has 0 N–H and O–H groups in total. The monoisotopic (exact) mass is 440 g/mol. The van der Waals surface area contributed by atoms with Gasteiger partial charge in [0.2, 0.25) is 0 Å². The molecule has 4 heteroatoms. The molecule has 0 fully saturated rings. The fourth-order valence-electron chi connectivity index (χ4n) is 1.04. The van der Waals surface area contributed by atoms with E-state index in [4.69, 9.17) is 0 Å². The van der Waals surface area contributed by atoms with E-state index in [1.807, 2.05) is 12.2 Å². The predicted molar refractivity (Wildman–Crippen MR) is 79.8 cm³/mol. The summed E-state index contributed by atoms with van der Waals surface area (Å²) < 4.78 is 0. The summed E-state index contributed by atoms with van der Waals surface area (Å²) in [6.07, 6.45) is 11.5. The molecule has 0 saturated carbocycles. The minimum Gasteiger partial charge on any atom is -0.693 e. The maximum Gasteiger partial charge on any atom is 1.00 e. The van der Waals surface area contributed by atoms with Crippen molar-refractivity contribution < 1.29 is 22.4 Å². The Balaban J connectivity index is -0.000000224. The Bertz CT molecular complexity index is 174. The summed E-state index contributed by atoms with van der Waals surface area (Å²) in [5, 5.41) is 3.80. The average Bonchev–Trinajstić information content (AvgIpc) is 2.16. The molecule has 0 atom stereocenters. The van der Waals surface area contributed by atoms with E-state index in [0.29, 0.717) is 0 Å². The van der Waals surface area contributed by atoms with Crippen molar-refractivity contribution in [2.24, 2.45) is 0 Å². The van der Waals surface area contributed by atoms with Gasteiger partial charge in [0.1, 0.15) is 0 Å². The Hall–Kier alpha value is 0.410. The van der Waals surface area contributed by atoms with E-state index < -0.39 is 0 Å². The number of hydrogen-bond donors (Lipinski definition) is 0. The maximum absolute atomic E-state index is 3.80. The summed E-state index contributed by atoms with van der Waals surface area (Å²) in [6.45, 7) is 6.74. The molecule has 0 aromatic carbocycles. The molecule has 2 nitrogen and oxygen atoms in total. The standard InChI is InChI=1S/C8H14N.C5H14NP.Au/c1-3-4-5-6-7-8-9-2;1-6(2)5-7(3)4;/h5-8H,3-4H2,1-2H3;5H2,1-4H3;/q-1;;+1/b6-5+,8-7-;;. The summed E-state index contributed by atoms with van der Waals surface area (Å²) in [6, 6.07) is 0. The van der Waals surface area contributed by atoms with Gasteiger partial charge in [0, 0.05) is 6.29 Å². The van der Waals surface area contributed by atoms with Gasteiger partial charge in [-0.3, -0.25) is 0 Å². The second-order valence-corrected chi connectivity index (χ2v) is 6.56. The molecule has 0 heterocycles. The van der Waals surface area contributed by atoms with Crippen LogP contribution in [0, 0.1) is 0 Å². The van der Waals surface area contributed by atoms with Gasteiger partial charge in [-0.1, -0.05) is 39.5 Å². The Morgan fingerprint density at radius 3 is 2.06 bits per heavy atom. The van der Waals surface area contributed by atoms with Crippen molar-refractivity contribution in [3.8, 4) is 0 Å². The topological polar surface area (TPSA) is 17.3 Å². The molecule has 0 amide bonds. The van der Waals surface area contributed by atoms with Crippen LogP contribution in [0.1, 0.15) is 19.8 Å². The van der Waals surface area contributed by atoms with Crippen molar-refractivity contribution in [1.29, 1.82) is 0 Å². The van der Waals surface area contributed by atoms with Crippen LogP contribution in [0.25, 0.3) is 5.32 Å². The first-order valence-corrected chi connectivity index (χ1v) is 8.16. The van der Waals surface area contributed by atoms with Crippen LogP contribution < -0.4 is 0 Å². The largest absolute Gasteiger partial charge is 1.00 e. The van der Waals surface area contributed by atoms with E-state index >= 15 is 0 Å². The molecule has 0 spiro atoms. The molecule has 0 rings (SSSR count). The summed E-state index contributed by atoms with van der Waals surface area (Å²) in [5.41, 5.74) is 0. The summed E-state index contributed by atoms with van der Waals surface area (Å²) >= 11 is 0. The van der Waals surface area contributed by atoms with Gasteiger partial charge in [-0.25, -0.2) is 0 Å². The summed E-state index contributed by atoms with van der Waals surface area (Å²) in [4.78, 5) is 2.23. The van der Waals surface area contributed by atoms with Crippen LogP contribution in [0.5, 0.6) is 0 Å². The Kier molecular flexibility index (Phi) is 24.9. The molecule has 0 aromatic rings. The van der Waals surface area contributed by atoms with Crippen molar-refractivity contribution in [1.82, 2.24) is 4.90 Å². The molecule has 0 aliphatic carbocycles. The third-order valence-electron chi connectivity index (χ3n) is 1.50. The SMILES string of the molecule is CCC/C=C/C=C\[N-]C.CN(C)CP(C)C.[Au+]. The fourth-order valence-corrected chi connectivity index (χ4v) is 2.17. The van der Waals surface area contributed by atoms with Crippen molar-refractivity contribution in [3.05, 3.63) is 29.7 Å². The van der Waals surface area contributed by atoms with Crippen LogP contribution in [0.4, 0.5) is 0 Å². The molecule has 0 unspecified atom stereocenters. The first-order chi connectivity index (χ1) is 7.54. The zero-order valence-corrected chi connectivity index (χ0v) is 15.1. The van der Waals surface area contributed by atoms with E-state index in [9.17, 15) is 0 Å². The maximum atomic E-state index is 3.80. The van der Waals surface area contributed by atoms with Gasteiger partial charge in [-0.2, -0.15) is 6.20 Å². The van der Waals surface area contributed by atoms with Gasteiger partial charge in [0.25, 0.3) is 0 Å². The second-order valence-electron chi connectivity index (χ2n) is 4.12. The number of unbranched alkanes of at least 4 members (excludes halogenated alkanes) is 1. The average molecular weight is 440 g/mol. The molecule has 0 aliphatic rings. The molecule has 106 valence electrons. The molecular weight excluding hydrogens is 412 g/mol. The number of rotatable bonds is 6. The van der Waals surface area contributed by atoms with Gasteiger partial charge >= 0.3 is 22.4 Å². The number of allylic oxidation sites excluding steroid dienone is 3. The minimum atomic E-state index is 0. The predicted octanol–water partition coefficient (Wildman–Crippen LogP) is 4.10. The van der Waals surface area contributed by atoms with E-state index in [-0.39, 0.29) is 30.3 Å². The molecule has 0 aromatic heterocycles.